The molecule has 0 saturated carbocycles. The molecule has 2 amide bonds. The van der Waals surface area contributed by atoms with Crippen LogP contribution in [0.3, 0.4) is 0 Å². The molecule has 1 heterocycles. The third-order valence-electron chi connectivity index (χ3n) is 2.30. The average Bonchev–Trinajstić information content (AvgIpc) is 2.65. The van der Waals surface area contributed by atoms with Crippen molar-refractivity contribution in [2.75, 3.05) is 19.6 Å². The van der Waals surface area contributed by atoms with Crippen molar-refractivity contribution >= 4 is 11.8 Å². The van der Waals surface area contributed by atoms with Gasteiger partial charge in [0.05, 0.1) is 12.5 Å². The van der Waals surface area contributed by atoms with Crippen LogP contribution < -0.4 is 16.0 Å². The van der Waals surface area contributed by atoms with E-state index in [4.69, 9.17) is 0 Å². The molecule has 0 aromatic carbocycles. The lowest BCUT2D eigenvalue weighted by atomic mass is 10.1. The molecule has 1 saturated heterocycles. The second-order valence-corrected chi connectivity index (χ2v) is 4.13. The highest BCUT2D eigenvalue weighted by Gasteiger charge is 2.22. The van der Waals surface area contributed by atoms with Crippen LogP contribution in [0.2, 0.25) is 0 Å². The van der Waals surface area contributed by atoms with Crippen LogP contribution in [0.1, 0.15) is 20.3 Å². The molecule has 1 aliphatic rings. The Kier molecular flexibility index (Phi) is 4.55. The Morgan fingerprint density at radius 2 is 2.20 bits per heavy atom. The molecule has 1 unspecified atom stereocenters. The Balaban J connectivity index is 2.18. The first-order valence-corrected chi connectivity index (χ1v) is 5.37. The predicted molar refractivity (Wildman–Crippen MR) is 57.3 cm³/mol. The number of amides is 2. The fourth-order valence-electron chi connectivity index (χ4n) is 1.56. The molecule has 15 heavy (non-hydrogen) atoms. The van der Waals surface area contributed by atoms with Crippen molar-refractivity contribution < 1.29 is 9.59 Å². The van der Waals surface area contributed by atoms with Crippen molar-refractivity contribution in [3.63, 3.8) is 0 Å². The maximum atomic E-state index is 11.5. The van der Waals surface area contributed by atoms with E-state index < -0.39 is 0 Å². The van der Waals surface area contributed by atoms with Crippen LogP contribution in [-0.4, -0.2) is 37.5 Å². The summed E-state index contributed by atoms with van der Waals surface area (Å²) in [5.74, 6) is -0.139. The SMILES string of the molecule is CC(C)NC(=O)CNC(=O)C1CCNC1. The van der Waals surface area contributed by atoms with Crippen molar-refractivity contribution in [2.24, 2.45) is 5.92 Å². The number of carbonyl (C=O) groups is 2. The zero-order chi connectivity index (χ0) is 11.3. The fourth-order valence-corrected chi connectivity index (χ4v) is 1.56. The lowest BCUT2D eigenvalue weighted by molar-refractivity contribution is -0.128. The summed E-state index contributed by atoms with van der Waals surface area (Å²) in [7, 11) is 0. The number of hydrogen-bond donors (Lipinski definition) is 3. The van der Waals surface area contributed by atoms with Crippen molar-refractivity contribution in [2.45, 2.75) is 26.3 Å². The summed E-state index contributed by atoms with van der Waals surface area (Å²) in [5.41, 5.74) is 0. The van der Waals surface area contributed by atoms with E-state index in [9.17, 15) is 9.59 Å². The summed E-state index contributed by atoms with van der Waals surface area (Å²) in [6, 6.07) is 0.113. The number of hydrogen-bond acceptors (Lipinski definition) is 3. The van der Waals surface area contributed by atoms with E-state index >= 15 is 0 Å². The van der Waals surface area contributed by atoms with Gasteiger partial charge in [-0.15, -0.1) is 0 Å². The lowest BCUT2D eigenvalue weighted by Crippen LogP contribution is -2.42. The molecule has 0 radical (unpaired) electrons. The minimum atomic E-state index is -0.135. The van der Waals surface area contributed by atoms with E-state index in [1.54, 1.807) is 0 Å². The molecule has 0 spiro atoms. The van der Waals surface area contributed by atoms with Crippen LogP contribution in [0.25, 0.3) is 0 Å². The maximum Gasteiger partial charge on any atom is 0.239 e. The Bertz CT molecular complexity index is 235. The van der Waals surface area contributed by atoms with Crippen LogP contribution in [-0.2, 0) is 9.59 Å². The summed E-state index contributed by atoms with van der Waals surface area (Å²) < 4.78 is 0. The lowest BCUT2D eigenvalue weighted by Gasteiger charge is -2.11. The normalized spacial score (nSPS) is 20.3. The van der Waals surface area contributed by atoms with E-state index in [1.165, 1.54) is 0 Å². The van der Waals surface area contributed by atoms with Crippen LogP contribution in [0.15, 0.2) is 0 Å². The first-order valence-electron chi connectivity index (χ1n) is 5.37. The van der Waals surface area contributed by atoms with Crippen molar-refractivity contribution in [1.82, 2.24) is 16.0 Å². The van der Waals surface area contributed by atoms with Gasteiger partial charge in [-0.05, 0) is 26.8 Å². The Morgan fingerprint density at radius 3 is 2.73 bits per heavy atom. The third-order valence-corrected chi connectivity index (χ3v) is 2.30. The molecule has 1 aliphatic heterocycles. The first kappa shape index (κ1) is 12.0. The average molecular weight is 213 g/mol. The van der Waals surface area contributed by atoms with E-state index in [1.807, 2.05) is 13.8 Å². The summed E-state index contributed by atoms with van der Waals surface area (Å²) >= 11 is 0. The molecule has 0 aromatic heterocycles. The molecule has 3 N–H and O–H groups in total. The molecule has 5 nitrogen and oxygen atoms in total. The van der Waals surface area contributed by atoms with E-state index in [0.717, 1.165) is 19.5 Å². The van der Waals surface area contributed by atoms with Crippen molar-refractivity contribution in [3.05, 3.63) is 0 Å². The molecule has 0 aromatic rings. The summed E-state index contributed by atoms with van der Waals surface area (Å²) in [6.45, 7) is 5.46. The highest BCUT2D eigenvalue weighted by molar-refractivity contribution is 5.86. The first-order chi connectivity index (χ1) is 7.09. The molecule has 86 valence electrons. The van der Waals surface area contributed by atoms with Crippen LogP contribution in [0.5, 0.6) is 0 Å². The number of rotatable bonds is 4. The zero-order valence-corrected chi connectivity index (χ0v) is 9.30. The van der Waals surface area contributed by atoms with E-state index in [-0.39, 0.29) is 30.3 Å². The Morgan fingerprint density at radius 1 is 1.47 bits per heavy atom. The molecule has 1 atom stereocenters. The van der Waals surface area contributed by atoms with Gasteiger partial charge in [0.1, 0.15) is 0 Å². The second-order valence-electron chi connectivity index (χ2n) is 4.13. The summed E-state index contributed by atoms with van der Waals surface area (Å²) in [6.07, 6.45) is 0.859. The second kappa shape index (κ2) is 5.70. The molecule has 0 aliphatic carbocycles. The predicted octanol–water partition coefficient (Wildman–Crippen LogP) is -0.763. The molecular weight excluding hydrogens is 194 g/mol. The molecule has 1 rings (SSSR count). The van der Waals surface area contributed by atoms with Gasteiger partial charge in [0, 0.05) is 12.6 Å². The molecule has 1 fully saturated rings. The van der Waals surface area contributed by atoms with Gasteiger partial charge in [-0.1, -0.05) is 0 Å². The molecule has 0 bridgehead atoms. The van der Waals surface area contributed by atoms with Gasteiger partial charge in [-0.25, -0.2) is 0 Å². The van der Waals surface area contributed by atoms with Crippen LogP contribution >= 0.6 is 0 Å². The number of nitrogens with one attached hydrogen (secondary N) is 3. The Hall–Kier alpha value is -1.10. The largest absolute Gasteiger partial charge is 0.352 e. The fraction of sp³-hybridized carbons (Fsp3) is 0.800. The zero-order valence-electron chi connectivity index (χ0n) is 9.30. The van der Waals surface area contributed by atoms with Crippen LogP contribution in [0.4, 0.5) is 0 Å². The summed E-state index contributed by atoms with van der Waals surface area (Å²) in [4.78, 5) is 22.7. The van der Waals surface area contributed by atoms with Gasteiger partial charge >= 0.3 is 0 Å². The monoisotopic (exact) mass is 213 g/mol. The van der Waals surface area contributed by atoms with Gasteiger partial charge in [0.25, 0.3) is 0 Å². The van der Waals surface area contributed by atoms with Gasteiger partial charge < -0.3 is 16.0 Å². The van der Waals surface area contributed by atoms with Gasteiger partial charge in [0.15, 0.2) is 0 Å². The van der Waals surface area contributed by atoms with Crippen molar-refractivity contribution in [1.29, 1.82) is 0 Å². The standard InChI is InChI=1S/C10H19N3O2/c1-7(2)13-9(14)6-12-10(15)8-3-4-11-5-8/h7-8,11H,3-6H2,1-2H3,(H,12,15)(H,13,14). The van der Waals surface area contributed by atoms with Gasteiger partial charge in [-0.3, -0.25) is 9.59 Å². The van der Waals surface area contributed by atoms with Crippen molar-refractivity contribution in [3.8, 4) is 0 Å². The van der Waals surface area contributed by atoms with Gasteiger partial charge in [0.2, 0.25) is 11.8 Å². The highest BCUT2D eigenvalue weighted by Crippen LogP contribution is 2.06. The Labute approximate surface area is 90.0 Å². The number of carbonyl (C=O) groups excluding carboxylic acids is 2. The topological polar surface area (TPSA) is 70.2 Å². The summed E-state index contributed by atoms with van der Waals surface area (Å²) in [5, 5.41) is 8.47. The van der Waals surface area contributed by atoms with Crippen LogP contribution in [0, 0.1) is 5.92 Å². The minimum absolute atomic E-state index is 0.0249. The van der Waals surface area contributed by atoms with E-state index in [0.29, 0.717) is 0 Å². The maximum absolute atomic E-state index is 11.5. The quantitative estimate of drug-likeness (QED) is 0.575. The molecule has 5 heteroatoms. The highest BCUT2D eigenvalue weighted by atomic mass is 16.2. The van der Waals surface area contributed by atoms with Gasteiger partial charge in [-0.2, -0.15) is 0 Å². The third kappa shape index (κ3) is 4.29. The smallest absolute Gasteiger partial charge is 0.239 e. The van der Waals surface area contributed by atoms with E-state index in [2.05, 4.69) is 16.0 Å². The minimum Gasteiger partial charge on any atom is -0.352 e. The molecular formula is C10H19N3O2.